The lowest BCUT2D eigenvalue weighted by Gasteiger charge is -2.54. The Labute approximate surface area is 116 Å². The first kappa shape index (κ1) is 13.2. The van der Waals surface area contributed by atoms with E-state index >= 15 is 0 Å². The molecule has 0 aromatic heterocycles. The largest absolute Gasteiger partial charge is 0.431 e. The molecule has 0 heterocycles. The van der Waals surface area contributed by atoms with Crippen molar-refractivity contribution in [1.29, 1.82) is 0 Å². The number of hydrogen-bond acceptors (Lipinski definition) is 2. The van der Waals surface area contributed by atoms with E-state index in [0.29, 0.717) is 16.7 Å². The number of esters is 1. The smallest absolute Gasteiger partial charge is 0.307 e. The first-order chi connectivity index (χ1) is 8.71. The van der Waals surface area contributed by atoms with Gasteiger partial charge in [0.05, 0.1) is 0 Å². The minimum absolute atomic E-state index is 0.167. The Bertz CT molecular complexity index is 458. The van der Waals surface area contributed by atoms with Crippen LogP contribution in [0.4, 0.5) is 0 Å². The van der Waals surface area contributed by atoms with Crippen molar-refractivity contribution in [2.75, 3.05) is 0 Å². The zero-order valence-corrected chi connectivity index (χ0v) is 12.9. The van der Waals surface area contributed by atoms with Gasteiger partial charge in [0, 0.05) is 12.8 Å². The normalized spacial score (nSPS) is 41.6. The Morgan fingerprint density at radius 3 is 2.63 bits per heavy atom. The minimum Gasteiger partial charge on any atom is -0.431 e. The van der Waals surface area contributed by atoms with Crippen LogP contribution in [0.25, 0.3) is 0 Å². The molecular formula is C17H26O2. The molecule has 0 radical (unpaired) electrons. The molecule has 2 unspecified atom stereocenters. The first-order valence-electron chi connectivity index (χ1n) is 7.59. The van der Waals surface area contributed by atoms with Crippen molar-refractivity contribution in [3.63, 3.8) is 0 Å². The summed E-state index contributed by atoms with van der Waals surface area (Å²) in [5, 5.41) is 0. The number of allylic oxidation sites excluding steroid dienone is 2. The third kappa shape index (κ3) is 1.52. The minimum atomic E-state index is -0.167. The summed E-state index contributed by atoms with van der Waals surface area (Å²) in [5.74, 6) is 2.01. The molecule has 0 aliphatic heterocycles. The molecule has 3 aliphatic rings. The van der Waals surface area contributed by atoms with Crippen molar-refractivity contribution in [1.82, 2.24) is 0 Å². The van der Waals surface area contributed by atoms with E-state index in [0.717, 1.165) is 18.1 Å². The highest BCUT2D eigenvalue weighted by molar-refractivity contribution is 5.67. The van der Waals surface area contributed by atoms with Crippen molar-refractivity contribution in [2.24, 2.45) is 28.1 Å². The molecule has 106 valence electrons. The number of hydrogen-bond donors (Lipinski definition) is 0. The molecule has 2 nitrogen and oxygen atoms in total. The molecule has 3 aliphatic carbocycles. The van der Waals surface area contributed by atoms with E-state index in [4.69, 9.17) is 4.74 Å². The van der Waals surface area contributed by atoms with E-state index in [2.05, 4.69) is 33.8 Å². The molecule has 2 saturated carbocycles. The monoisotopic (exact) mass is 262 g/mol. The summed E-state index contributed by atoms with van der Waals surface area (Å²) in [6, 6.07) is 0. The van der Waals surface area contributed by atoms with Crippen LogP contribution in [-0.2, 0) is 9.53 Å². The molecule has 2 fully saturated rings. The Kier molecular flexibility index (Phi) is 2.54. The van der Waals surface area contributed by atoms with E-state index in [1.54, 1.807) is 0 Å². The zero-order chi connectivity index (χ0) is 14.1. The highest BCUT2D eigenvalue weighted by atomic mass is 16.5. The van der Waals surface area contributed by atoms with Gasteiger partial charge in [-0.2, -0.15) is 0 Å². The molecule has 3 atom stereocenters. The van der Waals surface area contributed by atoms with Crippen molar-refractivity contribution in [3.8, 4) is 0 Å². The summed E-state index contributed by atoms with van der Waals surface area (Å²) in [5.41, 5.74) is 0.932. The molecular weight excluding hydrogens is 236 g/mol. The zero-order valence-electron chi connectivity index (χ0n) is 12.9. The number of carbonyl (C=O) groups excluding carboxylic acids is 1. The number of fused-ring (bicyclic) bond motifs is 1. The average molecular weight is 262 g/mol. The molecule has 0 N–H and O–H groups in total. The molecule has 0 saturated heterocycles. The maximum atomic E-state index is 11.4. The van der Waals surface area contributed by atoms with Gasteiger partial charge in [0.2, 0.25) is 0 Å². The Morgan fingerprint density at radius 1 is 1.32 bits per heavy atom. The van der Waals surface area contributed by atoms with E-state index in [9.17, 15) is 4.79 Å². The van der Waals surface area contributed by atoms with Crippen molar-refractivity contribution in [3.05, 3.63) is 11.8 Å². The second-order valence-corrected chi connectivity index (χ2v) is 8.14. The van der Waals surface area contributed by atoms with Crippen LogP contribution in [0.1, 0.15) is 60.3 Å². The fourth-order valence-corrected chi connectivity index (χ4v) is 5.51. The standard InChI is InChI=1S/C17H26O2/c1-11(18)19-13-7-8-15(2,3)17-9-6-12(10-17)16(4,5)14(13)17/h7,12,14H,6,8-10H2,1-5H3/t12-,14?,17?/m1/s1. The van der Waals surface area contributed by atoms with Crippen molar-refractivity contribution >= 4 is 5.97 Å². The maximum Gasteiger partial charge on any atom is 0.307 e. The van der Waals surface area contributed by atoms with Gasteiger partial charge in [-0.15, -0.1) is 0 Å². The molecule has 2 bridgehead atoms. The van der Waals surface area contributed by atoms with Crippen LogP contribution in [-0.4, -0.2) is 5.97 Å². The first-order valence-corrected chi connectivity index (χ1v) is 7.59. The lowest BCUT2D eigenvalue weighted by Crippen LogP contribution is -2.48. The molecule has 0 aromatic rings. The molecule has 2 heteroatoms. The van der Waals surface area contributed by atoms with Crippen LogP contribution in [0.5, 0.6) is 0 Å². The Hall–Kier alpha value is -0.790. The van der Waals surface area contributed by atoms with E-state index < -0.39 is 0 Å². The third-order valence-electron chi connectivity index (χ3n) is 6.61. The van der Waals surface area contributed by atoms with Gasteiger partial charge in [-0.3, -0.25) is 4.79 Å². The molecule has 1 spiro atoms. The van der Waals surface area contributed by atoms with Gasteiger partial charge in [-0.25, -0.2) is 0 Å². The van der Waals surface area contributed by atoms with Gasteiger partial charge >= 0.3 is 5.97 Å². The second-order valence-electron chi connectivity index (χ2n) is 8.14. The van der Waals surface area contributed by atoms with E-state index in [1.807, 2.05) is 0 Å². The second kappa shape index (κ2) is 3.65. The molecule has 0 aromatic carbocycles. The van der Waals surface area contributed by atoms with Crippen LogP contribution < -0.4 is 0 Å². The van der Waals surface area contributed by atoms with Gasteiger partial charge in [-0.1, -0.05) is 27.7 Å². The highest BCUT2D eigenvalue weighted by Crippen LogP contribution is 2.75. The molecule has 19 heavy (non-hydrogen) atoms. The summed E-state index contributed by atoms with van der Waals surface area (Å²) in [6.45, 7) is 11.1. The maximum absolute atomic E-state index is 11.4. The van der Waals surface area contributed by atoms with E-state index in [1.165, 1.54) is 26.2 Å². The van der Waals surface area contributed by atoms with Crippen LogP contribution >= 0.6 is 0 Å². The average Bonchev–Trinajstić information content (AvgIpc) is 2.78. The van der Waals surface area contributed by atoms with Crippen LogP contribution in [0.3, 0.4) is 0 Å². The molecule has 0 amide bonds. The van der Waals surface area contributed by atoms with Gasteiger partial charge < -0.3 is 4.74 Å². The van der Waals surface area contributed by atoms with Crippen molar-refractivity contribution in [2.45, 2.75) is 60.3 Å². The summed E-state index contributed by atoms with van der Waals surface area (Å²) in [7, 11) is 0. The Balaban J connectivity index is 2.09. The lowest BCUT2D eigenvalue weighted by molar-refractivity contribution is -0.141. The van der Waals surface area contributed by atoms with E-state index in [-0.39, 0.29) is 11.4 Å². The summed E-state index contributed by atoms with van der Waals surface area (Å²) in [6.07, 6.45) is 7.20. The predicted molar refractivity (Wildman–Crippen MR) is 75.3 cm³/mol. The summed E-state index contributed by atoms with van der Waals surface area (Å²) >= 11 is 0. The van der Waals surface area contributed by atoms with Gasteiger partial charge in [0.15, 0.2) is 0 Å². The SMILES string of the molecule is CC(=O)OC1=CCC(C)(C)C23CC[C@H](C2)C(C)(C)C13. The van der Waals surface area contributed by atoms with Gasteiger partial charge in [0.25, 0.3) is 0 Å². The summed E-state index contributed by atoms with van der Waals surface area (Å²) < 4.78 is 5.60. The fraction of sp³-hybridized carbons (Fsp3) is 0.824. The van der Waals surface area contributed by atoms with Crippen LogP contribution in [0.15, 0.2) is 11.8 Å². The van der Waals surface area contributed by atoms with Crippen LogP contribution in [0.2, 0.25) is 0 Å². The number of ether oxygens (including phenoxy) is 1. The lowest BCUT2D eigenvalue weighted by atomic mass is 9.50. The van der Waals surface area contributed by atoms with Crippen LogP contribution in [0, 0.1) is 28.1 Å². The number of carbonyl (C=O) groups is 1. The molecule has 3 rings (SSSR count). The van der Waals surface area contributed by atoms with Crippen molar-refractivity contribution < 1.29 is 9.53 Å². The summed E-state index contributed by atoms with van der Waals surface area (Å²) in [4.78, 5) is 11.4. The highest BCUT2D eigenvalue weighted by Gasteiger charge is 2.68. The predicted octanol–water partition coefficient (Wildman–Crippen LogP) is 4.31. The Morgan fingerprint density at radius 2 is 2.00 bits per heavy atom. The quantitative estimate of drug-likeness (QED) is 0.658. The fourth-order valence-electron chi connectivity index (χ4n) is 5.51. The topological polar surface area (TPSA) is 26.3 Å². The van der Waals surface area contributed by atoms with Gasteiger partial charge in [-0.05, 0) is 53.9 Å². The number of rotatable bonds is 1. The third-order valence-corrected chi connectivity index (χ3v) is 6.61. The van der Waals surface area contributed by atoms with Gasteiger partial charge in [0.1, 0.15) is 5.76 Å².